The maximum atomic E-state index is 9.51. The molecule has 0 amide bonds. The predicted octanol–water partition coefficient (Wildman–Crippen LogP) is 3.52. The maximum Gasteiger partial charge on any atom is 0.228 e. The topological polar surface area (TPSA) is 81.4 Å². The van der Waals surface area contributed by atoms with Gasteiger partial charge in [-0.05, 0) is 31.0 Å². The van der Waals surface area contributed by atoms with E-state index in [4.69, 9.17) is 14.7 Å². The van der Waals surface area contributed by atoms with E-state index in [0.29, 0.717) is 18.8 Å². The summed E-state index contributed by atoms with van der Waals surface area (Å²) >= 11 is 0. The number of piperazine rings is 1. The molecule has 2 saturated heterocycles. The minimum Gasteiger partial charge on any atom is -0.378 e. The van der Waals surface area contributed by atoms with E-state index < -0.39 is 0 Å². The van der Waals surface area contributed by atoms with Crippen LogP contribution in [0.1, 0.15) is 25.0 Å². The number of pyridine rings is 1. The van der Waals surface area contributed by atoms with Crippen LogP contribution in [0.2, 0.25) is 0 Å². The first-order valence-electron chi connectivity index (χ1n) is 12.3. The number of hydrogen-bond acceptors (Lipinski definition) is 8. The summed E-state index contributed by atoms with van der Waals surface area (Å²) in [4.78, 5) is 21.2. The van der Waals surface area contributed by atoms with E-state index in [2.05, 4.69) is 69.9 Å². The number of aryl methyl sites for hydroxylation is 1. The monoisotopic (exact) mass is 469 g/mol. The zero-order chi connectivity index (χ0) is 24.2. The Morgan fingerprint density at radius 1 is 1.03 bits per heavy atom. The van der Waals surface area contributed by atoms with Gasteiger partial charge in [-0.2, -0.15) is 10.2 Å². The Kier molecular flexibility index (Phi) is 6.77. The van der Waals surface area contributed by atoms with Crippen LogP contribution in [0, 0.1) is 11.3 Å². The lowest BCUT2D eigenvalue weighted by molar-refractivity contribution is 0.122. The molecule has 2 aromatic heterocycles. The van der Waals surface area contributed by atoms with Crippen LogP contribution in [-0.4, -0.2) is 66.9 Å². The van der Waals surface area contributed by atoms with Gasteiger partial charge < -0.3 is 19.4 Å². The maximum absolute atomic E-state index is 9.51. The van der Waals surface area contributed by atoms with Crippen LogP contribution in [-0.2, 0) is 11.2 Å². The summed E-state index contributed by atoms with van der Waals surface area (Å²) in [6.07, 6.45) is 2.77. The number of hydrogen-bond donors (Lipinski definition) is 0. The highest BCUT2D eigenvalue weighted by Crippen LogP contribution is 2.29. The quantitative estimate of drug-likeness (QED) is 0.561. The molecule has 1 unspecified atom stereocenters. The van der Waals surface area contributed by atoms with Gasteiger partial charge in [-0.3, -0.25) is 0 Å². The Morgan fingerprint density at radius 2 is 1.83 bits per heavy atom. The molecule has 0 aliphatic carbocycles. The van der Waals surface area contributed by atoms with Gasteiger partial charge in [0, 0.05) is 56.6 Å². The van der Waals surface area contributed by atoms with E-state index in [1.807, 2.05) is 12.1 Å². The first-order valence-corrected chi connectivity index (χ1v) is 12.3. The molecule has 0 spiro atoms. The summed E-state index contributed by atoms with van der Waals surface area (Å²) < 4.78 is 5.56. The molecule has 0 bridgehead atoms. The van der Waals surface area contributed by atoms with Crippen LogP contribution in [0.15, 0.2) is 48.7 Å². The predicted molar refractivity (Wildman–Crippen MR) is 138 cm³/mol. The van der Waals surface area contributed by atoms with Crippen molar-refractivity contribution in [3.63, 3.8) is 0 Å². The van der Waals surface area contributed by atoms with Gasteiger partial charge in [0.25, 0.3) is 0 Å². The zero-order valence-corrected chi connectivity index (χ0v) is 20.4. The minimum atomic E-state index is 0.194. The number of anilines is 3. The Balaban J connectivity index is 1.45. The molecule has 0 saturated carbocycles. The largest absolute Gasteiger partial charge is 0.378 e. The van der Waals surface area contributed by atoms with Crippen LogP contribution in [0.25, 0.3) is 11.3 Å². The summed E-state index contributed by atoms with van der Waals surface area (Å²) in [6.45, 7) is 9.65. The number of nitriles is 1. The van der Waals surface area contributed by atoms with Crippen molar-refractivity contribution in [1.29, 1.82) is 5.26 Å². The van der Waals surface area contributed by atoms with Crippen LogP contribution in [0.5, 0.6) is 0 Å². The Labute approximate surface area is 206 Å². The standard InChI is InChI=1S/C27H31N7O/c1-3-21-6-8-22(9-7-21)24-17-25(31-27(30-24)32-13-15-35-16-14-32)34-12-11-33(19-20(34)2)26-23(18-28)5-4-10-29-26/h4-10,17,20H,3,11-16,19H2,1-2H3. The molecule has 8 nitrogen and oxygen atoms in total. The van der Waals surface area contributed by atoms with E-state index in [1.54, 1.807) is 6.20 Å². The van der Waals surface area contributed by atoms with Gasteiger partial charge in [0.1, 0.15) is 17.7 Å². The van der Waals surface area contributed by atoms with Crippen molar-refractivity contribution in [3.8, 4) is 17.3 Å². The number of morpholine rings is 1. The third-order valence-electron chi connectivity index (χ3n) is 6.78. The van der Waals surface area contributed by atoms with Gasteiger partial charge >= 0.3 is 0 Å². The molecular weight excluding hydrogens is 438 g/mol. The highest BCUT2D eigenvalue weighted by molar-refractivity contribution is 5.66. The van der Waals surface area contributed by atoms with E-state index in [9.17, 15) is 5.26 Å². The van der Waals surface area contributed by atoms with Crippen molar-refractivity contribution >= 4 is 17.6 Å². The van der Waals surface area contributed by atoms with Gasteiger partial charge in [0.05, 0.1) is 24.5 Å². The van der Waals surface area contributed by atoms with Crippen LogP contribution in [0.4, 0.5) is 17.6 Å². The summed E-state index contributed by atoms with van der Waals surface area (Å²) in [5.41, 5.74) is 3.96. The number of rotatable bonds is 5. The first kappa shape index (κ1) is 23.1. The fourth-order valence-corrected chi connectivity index (χ4v) is 4.76. The second-order valence-electron chi connectivity index (χ2n) is 9.04. The Morgan fingerprint density at radius 3 is 2.54 bits per heavy atom. The molecule has 2 fully saturated rings. The number of nitrogens with zero attached hydrogens (tertiary/aromatic N) is 7. The molecule has 2 aliphatic heterocycles. The molecule has 35 heavy (non-hydrogen) atoms. The molecule has 1 aromatic carbocycles. The lowest BCUT2D eigenvalue weighted by Crippen LogP contribution is -2.53. The smallest absolute Gasteiger partial charge is 0.228 e. The minimum absolute atomic E-state index is 0.194. The average molecular weight is 470 g/mol. The number of ether oxygens (including phenoxy) is 1. The van der Waals surface area contributed by atoms with E-state index in [0.717, 1.165) is 68.0 Å². The summed E-state index contributed by atoms with van der Waals surface area (Å²) in [5.74, 6) is 2.45. The number of benzene rings is 1. The second-order valence-corrected chi connectivity index (χ2v) is 9.04. The van der Waals surface area contributed by atoms with Crippen molar-refractivity contribution in [2.75, 3.05) is 60.6 Å². The molecule has 3 aromatic rings. The van der Waals surface area contributed by atoms with Gasteiger partial charge in [0.2, 0.25) is 5.95 Å². The lowest BCUT2D eigenvalue weighted by atomic mass is 10.1. The molecule has 5 rings (SSSR count). The Bertz CT molecular complexity index is 1200. The summed E-state index contributed by atoms with van der Waals surface area (Å²) in [7, 11) is 0. The second kappa shape index (κ2) is 10.3. The molecule has 180 valence electrons. The van der Waals surface area contributed by atoms with Crippen LogP contribution < -0.4 is 14.7 Å². The Hall–Kier alpha value is -3.70. The summed E-state index contributed by atoms with van der Waals surface area (Å²) in [6, 6.07) is 16.9. The lowest BCUT2D eigenvalue weighted by Gasteiger charge is -2.41. The first-order chi connectivity index (χ1) is 17.2. The molecule has 8 heteroatoms. The third kappa shape index (κ3) is 4.91. The van der Waals surface area contributed by atoms with Crippen molar-refractivity contribution in [1.82, 2.24) is 15.0 Å². The molecule has 0 N–H and O–H groups in total. The zero-order valence-electron chi connectivity index (χ0n) is 20.4. The van der Waals surface area contributed by atoms with Gasteiger partial charge in [-0.15, -0.1) is 0 Å². The SMILES string of the molecule is CCc1ccc(-c2cc(N3CCN(c4ncccc4C#N)CC3C)nc(N3CCOCC3)n2)cc1. The highest BCUT2D eigenvalue weighted by Gasteiger charge is 2.28. The summed E-state index contributed by atoms with van der Waals surface area (Å²) in [5, 5.41) is 9.51. The molecular formula is C27H31N7O. The van der Waals surface area contributed by atoms with Crippen LogP contribution in [0.3, 0.4) is 0 Å². The third-order valence-corrected chi connectivity index (χ3v) is 6.78. The van der Waals surface area contributed by atoms with Crippen molar-refractivity contribution in [2.45, 2.75) is 26.3 Å². The molecule has 1 atom stereocenters. The highest BCUT2D eigenvalue weighted by atomic mass is 16.5. The van der Waals surface area contributed by atoms with Crippen molar-refractivity contribution in [3.05, 3.63) is 59.8 Å². The molecule has 4 heterocycles. The normalized spacial score (nSPS) is 18.4. The van der Waals surface area contributed by atoms with E-state index in [1.165, 1.54) is 5.56 Å². The van der Waals surface area contributed by atoms with Crippen molar-refractivity contribution < 1.29 is 4.74 Å². The molecule has 0 radical (unpaired) electrons. The van der Waals surface area contributed by atoms with Crippen LogP contribution >= 0.6 is 0 Å². The average Bonchev–Trinajstić information content (AvgIpc) is 2.93. The van der Waals surface area contributed by atoms with Crippen molar-refractivity contribution in [2.24, 2.45) is 0 Å². The van der Waals surface area contributed by atoms with Gasteiger partial charge in [-0.25, -0.2) is 9.97 Å². The number of aromatic nitrogens is 3. The van der Waals surface area contributed by atoms with Gasteiger partial charge in [-0.1, -0.05) is 31.2 Å². The fraction of sp³-hybridized carbons (Fsp3) is 0.407. The van der Waals surface area contributed by atoms with Gasteiger partial charge in [0.15, 0.2) is 0 Å². The fourth-order valence-electron chi connectivity index (χ4n) is 4.76. The van der Waals surface area contributed by atoms with E-state index >= 15 is 0 Å². The molecule has 2 aliphatic rings. The van der Waals surface area contributed by atoms with E-state index in [-0.39, 0.29) is 6.04 Å².